The van der Waals surface area contributed by atoms with Crippen molar-refractivity contribution in [2.24, 2.45) is 5.73 Å². The lowest BCUT2D eigenvalue weighted by atomic mass is 9.91. The maximum atomic E-state index is 9.01. The Balaban J connectivity index is 2.34. The Morgan fingerprint density at radius 3 is 1.78 bits per heavy atom. The van der Waals surface area contributed by atoms with E-state index in [0.717, 1.165) is 0 Å². The van der Waals surface area contributed by atoms with Crippen LogP contribution >= 0.6 is 0 Å². The second kappa shape index (κ2) is 2.64. The summed E-state index contributed by atoms with van der Waals surface area (Å²) in [5, 5.41) is 18.0. The highest BCUT2D eigenvalue weighted by Crippen LogP contribution is 2.16. The van der Waals surface area contributed by atoms with Crippen LogP contribution in [-0.4, -0.2) is 28.5 Å². The fraction of sp³-hybridized carbons (Fsp3) is 1.00. The Hall–Kier alpha value is -0.120. The van der Waals surface area contributed by atoms with Crippen molar-refractivity contribution in [3.8, 4) is 0 Å². The molecule has 1 aliphatic rings. The largest absolute Gasteiger partial charge is 0.393 e. The Kier molecular flexibility index (Phi) is 2.05. The van der Waals surface area contributed by atoms with E-state index < -0.39 is 0 Å². The minimum absolute atomic E-state index is 0.0104. The Bertz CT molecular complexity index is 72.0. The van der Waals surface area contributed by atoms with Crippen molar-refractivity contribution in [2.45, 2.75) is 37.5 Å². The number of nitrogens with two attached hydrogens (primary N) is 1. The SMILES string of the molecule is NC1C[C@H](O)C[C@@H](O)C1. The molecular weight excluding hydrogens is 118 g/mol. The molecule has 0 aromatic carbocycles. The van der Waals surface area contributed by atoms with Crippen molar-refractivity contribution in [3.05, 3.63) is 0 Å². The predicted octanol–water partition coefficient (Wildman–Crippen LogP) is -0.781. The first-order chi connectivity index (χ1) is 4.18. The van der Waals surface area contributed by atoms with E-state index in [0.29, 0.717) is 19.3 Å². The first-order valence-electron chi connectivity index (χ1n) is 3.30. The quantitative estimate of drug-likeness (QED) is 0.404. The number of rotatable bonds is 0. The molecule has 3 nitrogen and oxygen atoms in total. The van der Waals surface area contributed by atoms with Gasteiger partial charge < -0.3 is 15.9 Å². The van der Waals surface area contributed by atoms with Gasteiger partial charge in [-0.1, -0.05) is 0 Å². The van der Waals surface area contributed by atoms with E-state index in [1.165, 1.54) is 0 Å². The maximum absolute atomic E-state index is 9.01. The average molecular weight is 131 g/mol. The van der Waals surface area contributed by atoms with Crippen LogP contribution in [0.1, 0.15) is 19.3 Å². The minimum atomic E-state index is -0.385. The van der Waals surface area contributed by atoms with E-state index in [4.69, 9.17) is 15.9 Å². The average Bonchev–Trinajstić information content (AvgIpc) is 1.59. The van der Waals surface area contributed by atoms with E-state index >= 15 is 0 Å². The minimum Gasteiger partial charge on any atom is -0.393 e. The highest BCUT2D eigenvalue weighted by atomic mass is 16.3. The first-order valence-corrected chi connectivity index (χ1v) is 3.30. The summed E-state index contributed by atoms with van der Waals surface area (Å²) in [5.74, 6) is 0. The molecule has 1 aliphatic carbocycles. The lowest BCUT2D eigenvalue weighted by molar-refractivity contribution is 0.0320. The van der Waals surface area contributed by atoms with Crippen LogP contribution in [0.15, 0.2) is 0 Å². The van der Waals surface area contributed by atoms with Gasteiger partial charge in [0.1, 0.15) is 0 Å². The second-order valence-electron chi connectivity index (χ2n) is 2.77. The van der Waals surface area contributed by atoms with E-state index in [1.807, 2.05) is 0 Å². The van der Waals surface area contributed by atoms with Crippen molar-refractivity contribution in [1.29, 1.82) is 0 Å². The number of aliphatic hydroxyl groups excluding tert-OH is 2. The van der Waals surface area contributed by atoms with Crippen LogP contribution in [0.2, 0.25) is 0 Å². The molecule has 0 spiro atoms. The Labute approximate surface area is 54.5 Å². The van der Waals surface area contributed by atoms with Gasteiger partial charge in [-0.25, -0.2) is 0 Å². The third-order valence-electron chi connectivity index (χ3n) is 1.69. The van der Waals surface area contributed by atoms with Crippen molar-refractivity contribution in [3.63, 3.8) is 0 Å². The number of hydrogen-bond acceptors (Lipinski definition) is 3. The second-order valence-corrected chi connectivity index (χ2v) is 2.77. The summed E-state index contributed by atoms with van der Waals surface area (Å²) in [5.41, 5.74) is 5.50. The molecule has 54 valence electrons. The fourth-order valence-corrected chi connectivity index (χ4v) is 1.30. The monoisotopic (exact) mass is 131 g/mol. The van der Waals surface area contributed by atoms with Crippen LogP contribution < -0.4 is 5.73 Å². The van der Waals surface area contributed by atoms with Crippen LogP contribution in [0.25, 0.3) is 0 Å². The molecule has 0 heterocycles. The molecule has 1 rings (SSSR count). The van der Waals surface area contributed by atoms with Crippen LogP contribution in [0.3, 0.4) is 0 Å². The molecule has 0 aliphatic heterocycles. The Morgan fingerprint density at radius 1 is 1.00 bits per heavy atom. The lowest BCUT2D eigenvalue weighted by Crippen LogP contribution is -2.37. The third kappa shape index (κ3) is 1.93. The molecule has 3 heteroatoms. The highest BCUT2D eigenvalue weighted by molar-refractivity contribution is 4.79. The van der Waals surface area contributed by atoms with Crippen LogP contribution in [0.5, 0.6) is 0 Å². The molecular formula is C6H13NO2. The summed E-state index contributed by atoms with van der Waals surface area (Å²) in [6.45, 7) is 0. The number of aliphatic hydroxyl groups is 2. The molecule has 9 heavy (non-hydrogen) atoms. The summed E-state index contributed by atoms with van der Waals surface area (Å²) in [6, 6.07) is -0.0104. The molecule has 2 atom stereocenters. The lowest BCUT2D eigenvalue weighted by Gasteiger charge is -2.26. The molecule has 4 N–H and O–H groups in total. The van der Waals surface area contributed by atoms with Crippen LogP contribution in [0.4, 0.5) is 0 Å². The van der Waals surface area contributed by atoms with Crippen molar-refractivity contribution in [1.82, 2.24) is 0 Å². The maximum Gasteiger partial charge on any atom is 0.0579 e. The molecule has 1 saturated carbocycles. The van der Waals surface area contributed by atoms with Gasteiger partial charge in [0.25, 0.3) is 0 Å². The summed E-state index contributed by atoms with van der Waals surface area (Å²) in [7, 11) is 0. The molecule has 1 fully saturated rings. The molecule has 0 saturated heterocycles. The zero-order chi connectivity index (χ0) is 6.85. The van der Waals surface area contributed by atoms with Gasteiger partial charge in [-0.2, -0.15) is 0 Å². The van der Waals surface area contributed by atoms with E-state index in [9.17, 15) is 0 Å². The van der Waals surface area contributed by atoms with Gasteiger partial charge >= 0.3 is 0 Å². The molecule has 0 amide bonds. The molecule has 0 radical (unpaired) electrons. The third-order valence-corrected chi connectivity index (χ3v) is 1.69. The molecule has 0 bridgehead atoms. The number of hydrogen-bond donors (Lipinski definition) is 3. The van der Waals surface area contributed by atoms with Gasteiger partial charge in [-0.15, -0.1) is 0 Å². The zero-order valence-corrected chi connectivity index (χ0v) is 5.33. The van der Waals surface area contributed by atoms with Gasteiger partial charge in [-0.05, 0) is 19.3 Å². The summed E-state index contributed by atoms with van der Waals surface area (Å²) >= 11 is 0. The molecule has 0 unspecified atom stereocenters. The standard InChI is InChI=1S/C6H13NO2/c7-4-1-5(8)3-6(9)2-4/h4-6,8-9H,1-3,7H2/t5-,6-/m0/s1. The Morgan fingerprint density at radius 2 is 1.44 bits per heavy atom. The summed E-state index contributed by atoms with van der Waals surface area (Å²) < 4.78 is 0. The van der Waals surface area contributed by atoms with Crippen molar-refractivity contribution >= 4 is 0 Å². The van der Waals surface area contributed by atoms with Crippen molar-refractivity contribution < 1.29 is 10.2 Å². The van der Waals surface area contributed by atoms with Gasteiger partial charge in [0, 0.05) is 6.04 Å². The molecule has 0 aromatic rings. The normalized spacial score (nSPS) is 45.0. The smallest absolute Gasteiger partial charge is 0.0579 e. The van der Waals surface area contributed by atoms with Gasteiger partial charge in [0.05, 0.1) is 12.2 Å². The van der Waals surface area contributed by atoms with Crippen LogP contribution in [-0.2, 0) is 0 Å². The van der Waals surface area contributed by atoms with Gasteiger partial charge in [0.2, 0.25) is 0 Å². The van der Waals surface area contributed by atoms with Gasteiger partial charge in [-0.3, -0.25) is 0 Å². The van der Waals surface area contributed by atoms with Crippen LogP contribution in [0, 0.1) is 0 Å². The zero-order valence-electron chi connectivity index (χ0n) is 5.33. The fourth-order valence-electron chi connectivity index (χ4n) is 1.30. The first kappa shape index (κ1) is 6.99. The molecule has 0 aromatic heterocycles. The van der Waals surface area contributed by atoms with E-state index in [-0.39, 0.29) is 18.2 Å². The van der Waals surface area contributed by atoms with Gasteiger partial charge in [0.15, 0.2) is 0 Å². The van der Waals surface area contributed by atoms with Crippen molar-refractivity contribution in [2.75, 3.05) is 0 Å². The predicted molar refractivity (Wildman–Crippen MR) is 33.8 cm³/mol. The summed E-state index contributed by atoms with van der Waals surface area (Å²) in [6.07, 6.45) is 0.995. The highest BCUT2D eigenvalue weighted by Gasteiger charge is 2.23. The van der Waals surface area contributed by atoms with E-state index in [2.05, 4.69) is 0 Å². The topological polar surface area (TPSA) is 66.5 Å². The van der Waals surface area contributed by atoms with E-state index in [1.54, 1.807) is 0 Å². The summed E-state index contributed by atoms with van der Waals surface area (Å²) in [4.78, 5) is 0.